The SMILES string of the molecule is CCC1CCCCC1Oc1ccc(C(N)=S)c(F)c1. The molecule has 2 nitrogen and oxygen atoms in total. The minimum Gasteiger partial charge on any atom is -0.490 e. The zero-order chi connectivity index (χ0) is 13.8. The van der Waals surface area contributed by atoms with Crippen molar-refractivity contribution in [1.29, 1.82) is 0 Å². The zero-order valence-corrected chi connectivity index (χ0v) is 12.0. The molecule has 0 heterocycles. The maximum absolute atomic E-state index is 13.8. The van der Waals surface area contributed by atoms with E-state index in [4.69, 9.17) is 22.7 Å². The number of hydrogen-bond acceptors (Lipinski definition) is 2. The van der Waals surface area contributed by atoms with Crippen LogP contribution in [0.4, 0.5) is 4.39 Å². The molecular formula is C15H20FNOS. The van der Waals surface area contributed by atoms with Gasteiger partial charge in [-0.05, 0) is 43.7 Å². The lowest BCUT2D eigenvalue weighted by atomic mass is 9.85. The first-order valence-corrected chi connectivity index (χ1v) is 7.28. The van der Waals surface area contributed by atoms with E-state index < -0.39 is 5.82 Å². The van der Waals surface area contributed by atoms with Gasteiger partial charge in [0.15, 0.2) is 0 Å². The predicted octanol–water partition coefficient (Wildman–Crippen LogP) is 3.81. The van der Waals surface area contributed by atoms with Gasteiger partial charge < -0.3 is 10.5 Å². The molecule has 2 rings (SSSR count). The summed E-state index contributed by atoms with van der Waals surface area (Å²) in [6.07, 6.45) is 6.03. The van der Waals surface area contributed by atoms with Crippen molar-refractivity contribution in [2.45, 2.75) is 45.1 Å². The molecule has 0 spiro atoms. The van der Waals surface area contributed by atoms with Gasteiger partial charge in [-0.2, -0.15) is 0 Å². The average Bonchev–Trinajstić information content (AvgIpc) is 2.39. The highest BCUT2D eigenvalue weighted by atomic mass is 32.1. The Balaban J connectivity index is 2.10. The third kappa shape index (κ3) is 3.44. The van der Waals surface area contributed by atoms with Crippen LogP contribution in [0.2, 0.25) is 0 Å². The Morgan fingerprint density at radius 2 is 2.16 bits per heavy atom. The fourth-order valence-electron chi connectivity index (χ4n) is 2.74. The van der Waals surface area contributed by atoms with E-state index in [-0.39, 0.29) is 16.7 Å². The van der Waals surface area contributed by atoms with Crippen LogP contribution in [0.25, 0.3) is 0 Å². The largest absolute Gasteiger partial charge is 0.490 e. The van der Waals surface area contributed by atoms with Crippen LogP contribution in [0.5, 0.6) is 5.75 Å². The van der Waals surface area contributed by atoms with Crippen molar-refractivity contribution in [2.75, 3.05) is 0 Å². The van der Waals surface area contributed by atoms with Gasteiger partial charge in [0.2, 0.25) is 0 Å². The Bertz CT molecular complexity index is 463. The van der Waals surface area contributed by atoms with Crippen molar-refractivity contribution in [3.05, 3.63) is 29.6 Å². The second kappa shape index (κ2) is 6.33. The summed E-state index contributed by atoms with van der Waals surface area (Å²) in [5, 5.41) is 0. The van der Waals surface area contributed by atoms with Crippen molar-refractivity contribution in [1.82, 2.24) is 0 Å². The third-order valence-electron chi connectivity index (χ3n) is 3.86. The number of hydrogen-bond donors (Lipinski definition) is 1. The summed E-state index contributed by atoms with van der Waals surface area (Å²) in [6, 6.07) is 4.73. The summed E-state index contributed by atoms with van der Waals surface area (Å²) in [5.74, 6) is 0.740. The molecule has 2 unspecified atom stereocenters. The molecule has 1 aromatic carbocycles. The molecule has 0 amide bonds. The number of thiocarbonyl (C=S) groups is 1. The van der Waals surface area contributed by atoms with E-state index in [0.29, 0.717) is 11.7 Å². The molecule has 0 aromatic heterocycles. The van der Waals surface area contributed by atoms with Crippen molar-refractivity contribution in [3.8, 4) is 5.75 Å². The van der Waals surface area contributed by atoms with Gasteiger partial charge in [-0.25, -0.2) is 4.39 Å². The number of halogens is 1. The van der Waals surface area contributed by atoms with Gasteiger partial charge in [-0.15, -0.1) is 0 Å². The fourth-order valence-corrected chi connectivity index (χ4v) is 2.91. The molecule has 1 saturated carbocycles. The van der Waals surface area contributed by atoms with Gasteiger partial charge in [0.25, 0.3) is 0 Å². The number of ether oxygens (including phenoxy) is 1. The monoisotopic (exact) mass is 281 g/mol. The lowest BCUT2D eigenvalue weighted by Gasteiger charge is -2.31. The van der Waals surface area contributed by atoms with Crippen LogP contribution >= 0.6 is 12.2 Å². The zero-order valence-electron chi connectivity index (χ0n) is 11.2. The Kier molecular flexibility index (Phi) is 4.75. The quantitative estimate of drug-likeness (QED) is 0.852. The minimum atomic E-state index is -0.408. The highest BCUT2D eigenvalue weighted by Crippen LogP contribution is 2.30. The molecule has 1 fully saturated rings. The molecule has 2 N–H and O–H groups in total. The third-order valence-corrected chi connectivity index (χ3v) is 4.08. The smallest absolute Gasteiger partial charge is 0.137 e. The van der Waals surface area contributed by atoms with Gasteiger partial charge in [0, 0.05) is 11.6 Å². The van der Waals surface area contributed by atoms with Crippen LogP contribution in [0, 0.1) is 11.7 Å². The summed E-state index contributed by atoms with van der Waals surface area (Å²) in [6.45, 7) is 2.18. The van der Waals surface area contributed by atoms with Gasteiger partial charge in [0.05, 0.1) is 0 Å². The first-order chi connectivity index (χ1) is 9.11. The van der Waals surface area contributed by atoms with Crippen molar-refractivity contribution in [2.24, 2.45) is 11.7 Å². The van der Waals surface area contributed by atoms with E-state index in [1.165, 1.54) is 25.3 Å². The molecule has 2 atom stereocenters. The number of benzene rings is 1. The van der Waals surface area contributed by atoms with Gasteiger partial charge in [-0.1, -0.05) is 25.6 Å². The predicted molar refractivity (Wildman–Crippen MR) is 79.0 cm³/mol. The van der Waals surface area contributed by atoms with E-state index in [1.807, 2.05) is 0 Å². The molecule has 0 radical (unpaired) electrons. The molecule has 1 aliphatic rings. The van der Waals surface area contributed by atoms with Crippen LogP contribution in [0.3, 0.4) is 0 Å². The van der Waals surface area contributed by atoms with Gasteiger partial charge in [0.1, 0.15) is 22.7 Å². The van der Waals surface area contributed by atoms with Crippen molar-refractivity contribution < 1.29 is 9.13 Å². The summed E-state index contributed by atoms with van der Waals surface area (Å²) in [4.78, 5) is 0.0770. The van der Waals surface area contributed by atoms with Crippen LogP contribution < -0.4 is 10.5 Å². The van der Waals surface area contributed by atoms with Gasteiger partial charge >= 0.3 is 0 Å². The van der Waals surface area contributed by atoms with Crippen LogP contribution in [-0.4, -0.2) is 11.1 Å². The second-order valence-electron chi connectivity index (χ2n) is 5.11. The maximum Gasteiger partial charge on any atom is 0.137 e. The first kappa shape index (κ1) is 14.3. The molecule has 19 heavy (non-hydrogen) atoms. The lowest BCUT2D eigenvalue weighted by molar-refractivity contribution is 0.0901. The van der Waals surface area contributed by atoms with Crippen molar-refractivity contribution >= 4 is 17.2 Å². The summed E-state index contributed by atoms with van der Waals surface area (Å²) < 4.78 is 19.7. The fraction of sp³-hybridized carbons (Fsp3) is 0.533. The Labute approximate surface area is 119 Å². The maximum atomic E-state index is 13.8. The normalized spacial score (nSPS) is 23.1. The van der Waals surface area contributed by atoms with E-state index >= 15 is 0 Å². The molecule has 1 aliphatic carbocycles. The molecule has 1 aromatic rings. The Morgan fingerprint density at radius 3 is 2.79 bits per heavy atom. The Hall–Kier alpha value is -1.16. The highest BCUT2D eigenvalue weighted by Gasteiger charge is 2.25. The lowest BCUT2D eigenvalue weighted by Crippen LogP contribution is -2.30. The number of nitrogens with two attached hydrogens (primary N) is 1. The second-order valence-corrected chi connectivity index (χ2v) is 5.55. The molecule has 104 valence electrons. The number of rotatable bonds is 4. The molecule has 0 saturated heterocycles. The van der Waals surface area contributed by atoms with Crippen LogP contribution in [-0.2, 0) is 0 Å². The standard InChI is InChI=1S/C15H20FNOS/c1-2-10-5-3-4-6-14(10)18-11-7-8-12(15(17)19)13(16)9-11/h7-10,14H,2-6H2,1H3,(H2,17,19). The van der Waals surface area contributed by atoms with E-state index in [9.17, 15) is 4.39 Å². The summed E-state index contributed by atoms with van der Waals surface area (Å²) in [7, 11) is 0. The van der Waals surface area contributed by atoms with Crippen molar-refractivity contribution in [3.63, 3.8) is 0 Å². The summed E-state index contributed by atoms with van der Waals surface area (Å²) >= 11 is 4.79. The van der Waals surface area contributed by atoms with E-state index in [0.717, 1.165) is 12.8 Å². The highest BCUT2D eigenvalue weighted by molar-refractivity contribution is 7.80. The molecule has 4 heteroatoms. The molecule has 0 bridgehead atoms. The molecule has 0 aliphatic heterocycles. The first-order valence-electron chi connectivity index (χ1n) is 6.87. The molecular weight excluding hydrogens is 261 g/mol. The van der Waals surface area contributed by atoms with Crippen LogP contribution in [0.1, 0.15) is 44.6 Å². The Morgan fingerprint density at radius 1 is 1.42 bits per heavy atom. The van der Waals surface area contributed by atoms with Crippen LogP contribution in [0.15, 0.2) is 18.2 Å². The average molecular weight is 281 g/mol. The topological polar surface area (TPSA) is 35.2 Å². The van der Waals surface area contributed by atoms with E-state index in [2.05, 4.69) is 6.92 Å². The van der Waals surface area contributed by atoms with E-state index in [1.54, 1.807) is 12.1 Å². The summed E-state index contributed by atoms with van der Waals surface area (Å²) in [5.41, 5.74) is 5.72. The van der Waals surface area contributed by atoms with Gasteiger partial charge in [-0.3, -0.25) is 0 Å². The minimum absolute atomic E-state index is 0.0770.